The Morgan fingerprint density at radius 1 is 1.06 bits per heavy atom. The minimum absolute atomic E-state index is 0.262. The van der Waals surface area contributed by atoms with E-state index in [1.807, 2.05) is 0 Å². The van der Waals surface area contributed by atoms with Crippen molar-refractivity contribution in [1.82, 2.24) is 0 Å². The van der Waals surface area contributed by atoms with E-state index in [4.69, 9.17) is 0 Å². The largest absolute Gasteiger partial charge is 0.463 e. The van der Waals surface area contributed by atoms with E-state index in [9.17, 15) is 4.79 Å². The molecule has 16 heavy (non-hydrogen) atoms. The van der Waals surface area contributed by atoms with Crippen LogP contribution in [0.1, 0.15) is 18.1 Å². The van der Waals surface area contributed by atoms with E-state index in [1.54, 1.807) is 7.11 Å². The van der Waals surface area contributed by atoms with Crippen LogP contribution in [0.5, 0.6) is 0 Å². The molecule has 0 aliphatic rings. The topological polar surface area (TPSA) is 35.5 Å². The van der Waals surface area contributed by atoms with Crippen molar-refractivity contribution in [2.75, 3.05) is 20.3 Å². The summed E-state index contributed by atoms with van der Waals surface area (Å²) in [5.41, 5.74) is 2.66. The van der Waals surface area contributed by atoms with Crippen LogP contribution in [0.15, 0.2) is 24.3 Å². The number of carbonyl (C=O) groups is 1. The fourth-order valence-electron chi connectivity index (χ4n) is 0.906. The second kappa shape index (κ2) is 8.92. The molecule has 0 saturated carbocycles. The minimum Gasteiger partial charge on any atom is -0.463 e. The average molecular weight is 224 g/mol. The Kier molecular flexibility index (Phi) is 8.17. The van der Waals surface area contributed by atoms with Crippen molar-refractivity contribution in [2.45, 2.75) is 20.8 Å². The summed E-state index contributed by atoms with van der Waals surface area (Å²) in [5, 5.41) is 0. The zero-order valence-corrected chi connectivity index (χ0v) is 10.4. The van der Waals surface area contributed by atoms with E-state index in [-0.39, 0.29) is 5.97 Å². The fourth-order valence-corrected chi connectivity index (χ4v) is 0.906. The number of rotatable bonds is 3. The number of methoxy groups -OCH3 is 1. The summed E-state index contributed by atoms with van der Waals surface area (Å²) in [7, 11) is 1.56. The smallest absolute Gasteiger partial charge is 0.302 e. The van der Waals surface area contributed by atoms with Crippen LogP contribution in [-0.2, 0) is 14.3 Å². The van der Waals surface area contributed by atoms with Crippen LogP contribution in [0.4, 0.5) is 0 Å². The fraction of sp³-hybridized carbons (Fsp3) is 0.462. The molecule has 3 nitrogen and oxygen atoms in total. The molecule has 3 heteroatoms. The average Bonchev–Trinajstić information content (AvgIpc) is 2.23. The van der Waals surface area contributed by atoms with Crippen LogP contribution >= 0.6 is 0 Å². The summed E-state index contributed by atoms with van der Waals surface area (Å²) >= 11 is 0. The van der Waals surface area contributed by atoms with Gasteiger partial charge in [0, 0.05) is 14.0 Å². The van der Waals surface area contributed by atoms with Crippen LogP contribution < -0.4 is 0 Å². The van der Waals surface area contributed by atoms with Crippen molar-refractivity contribution in [3.05, 3.63) is 35.4 Å². The van der Waals surface area contributed by atoms with Gasteiger partial charge >= 0.3 is 5.97 Å². The lowest BCUT2D eigenvalue weighted by molar-refractivity contribution is -0.142. The summed E-state index contributed by atoms with van der Waals surface area (Å²) in [5.74, 6) is -0.262. The number of carbonyl (C=O) groups excluding carboxylic acids is 1. The van der Waals surface area contributed by atoms with E-state index >= 15 is 0 Å². The normalized spacial score (nSPS) is 9.00. The summed E-state index contributed by atoms with van der Waals surface area (Å²) in [6, 6.07) is 8.48. The number of ether oxygens (including phenoxy) is 2. The highest BCUT2D eigenvalue weighted by molar-refractivity contribution is 5.65. The van der Waals surface area contributed by atoms with Crippen LogP contribution in [0, 0.1) is 13.8 Å². The van der Waals surface area contributed by atoms with Crippen molar-refractivity contribution in [1.29, 1.82) is 0 Å². The van der Waals surface area contributed by atoms with E-state index < -0.39 is 0 Å². The zero-order valence-electron chi connectivity index (χ0n) is 10.4. The Bertz CT molecular complexity index is 270. The Hall–Kier alpha value is -1.35. The number of benzene rings is 1. The second-order valence-corrected chi connectivity index (χ2v) is 3.49. The lowest BCUT2D eigenvalue weighted by atomic mass is 10.2. The van der Waals surface area contributed by atoms with Gasteiger partial charge in [-0.1, -0.05) is 35.4 Å². The highest BCUT2D eigenvalue weighted by Crippen LogP contribution is 1.99. The summed E-state index contributed by atoms with van der Waals surface area (Å²) in [6.45, 7) is 6.39. The molecule has 0 aliphatic heterocycles. The van der Waals surface area contributed by atoms with Gasteiger partial charge in [-0.15, -0.1) is 0 Å². The molecular formula is C13H20O3. The Morgan fingerprint density at radius 3 is 1.81 bits per heavy atom. The molecule has 0 spiro atoms. The molecule has 0 unspecified atom stereocenters. The van der Waals surface area contributed by atoms with Gasteiger partial charge < -0.3 is 9.47 Å². The van der Waals surface area contributed by atoms with E-state index in [1.165, 1.54) is 18.1 Å². The molecule has 0 amide bonds. The van der Waals surface area contributed by atoms with E-state index in [2.05, 4.69) is 47.6 Å². The quantitative estimate of drug-likeness (QED) is 0.584. The van der Waals surface area contributed by atoms with E-state index in [0.717, 1.165) is 0 Å². The van der Waals surface area contributed by atoms with Gasteiger partial charge in [0.25, 0.3) is 0 Å². The van der Waals surface area contributed by atoms with Gasteiger partial charge in [0.2, 0.25) is 0 Å². The van der Waals surface area contributed by atoms with Gasteiger partial charge in [-0.05, 0) is 13.8 Å². The molecule has 1 aromatic rings. The molecular weight excluding hydrogens is 204 g/mol. The highest BCUT2D eigenvalue weighted by atomic mass is 16.6. The van der Waals surface area contributed by atoms with Crippen molar-refractivity contribution >= 4 is 5.97 Å². The Morgan fingerprint density at radius 2 is 1.50 bits per heavy atom. The molecule has 0 heterocycles. The van der Waals surface area contributed by atoms with Crippen LogP contribution in [0.2, 0.25) is 0 Å². The number of aryl methyl sites for hydroxylation is 2. The van der Waals surface area contributed by atoms with Gasteiger partial charge in [-0.3, -0.25) is 4.79 Å². The molecule has 0 aromatic heterocycles. The molecule has 90 valence electrons. The van der Waals surface area contributed by atoms with Crippen molar-refractivity contribution in [3.8, 4) is 0 Å². The van der Waals surface area contributed by atoms with Crippen molar-refractivity contribution in [2.24, 2.45) is 0 Å². The maximum Gasteiger partial charge on any atom is 0.302 e. The lowest BCUT2D eigenvalue weighted by Crippen LogP contribution is -2.05. The molecule has 0 atom stereocenters. The zero-order chi connectivity index (χ0) is 12.4. The lowest BCUT2D eigenvalue weighted by Gasteiger charge is -1.97. The third kappa shape index (κ3) is 9.21. The maximum atomic E-state index is 10.0. The molecule has 0 radical (unpaired) electrons. The molecule has 0 aliphatic carbocycles. The predicted molar refractivity (Wildman–Crippen MR) is 64.4 cm³/mol. The molecule has 0 N–H and O–H groups in total. The van der Waals surface area contributed by atoms with Crippen LogP contribution in [-0.4, -0.2) is 26.3 Å². The maximum absolute atomic E-state index is 10.0. The number of hydrogen-bond acceptors (Lipinski definition) is 3. The molecule has 0 bridgehead atoms. The van der Waals surface area contributed by atoms with Gasteiger partial charge in [-0.2, -0.15) is 0 Å². The molecule has 0 fully saturated rings. The predicted octanol–water partition coefficient (Wildman–Crippen LogP) is 2.50. The van der Waals surface area contributed by atoms with Crippen LogP contribution in [0.3, 0.4) is 0 Å². The molecule has 0 saturated heterocycles. The first-order valence-corrected chi connectivity index (χ1v) is 5.22. The minimum atomic E-state index is -0.262. The number of hydrogen-bond donors (Lipinski definition) is 0. The Balaban J connectivity index is 0.000000281. The third-order valence-corrected chi connectivity index (χ3v) is 1.81. The second-order valence-electron chi connectivity index (χ2n) is 3.49. The first kappa shape index (κ1) is 14.6. The molecule has 1 rings (SSSR count). The summed E-state index contributed by atoms with van der Waals surface area (Å²) < 4.78 is 9.13. The van der Waals surface area contributed by atoms with Gasteiger partial charge in [-0.25, -0.2) is 0 Å². The van der Waals surface area contributed by atoms with Crippen LogP contribution in [0.25, 0.3) is 0 Å². The SMILES string of the molecule is COCCOC(C)=O.Cc1ccc(C)cc1. The summed E-state index contributed by atoms with van der Waals surface area (Å²) in [6.07, 6.45) is 0. The first-order valence-electron chi connectivity index (χ1n) is 5.22. The third-order valence-electron chi connectivity index (χ3n) is 1.81. The van der Waals surface area contributed by atoms with Gasteiger partial charge in [0.15, 0.2) is 0 Å². The highest BCUT2D eigenvalue weighted by Gasteiger charge is 1.88. The van der Waals surface area contributed by atoms with Crippen molar-refractivity contribution < 1.29 is 14.3 Å². The molecule has 1 aromatic carbocycles. The monoisotopic (exact) mass is 224 g/mol. The Labute approximate surface area is 97.4 Å². The van der Waals surface area contributed by atoms with Gasteiger partial charge in [0.1, 0.15) is 6.61 Å². The first-order chi connectivity index (χ1) is 7.56. The van der Waals surface area contributed by atoms with E-state index in [0.29, 0.717) is 13.2 Å². The summed E-state index contributed by atoms with van der Waals surface area (Å²) in [4.78, 5) is 10.0. The van der Waals surface area contributed by atoms with Gasteiger partial charge in [0.05, 0.1) is 6.61 Å². The number of esters is 1. The van der Waals surface area contributed by atoms with Crippen molar-refractivity contribution in [3.63, 3.8) is 0 Å². The standard InChI is InChI=1S/C8H10.C5H10O3/c1-7-3-5-8(2)6-4-7;1-5(6)8-4-3-7-2/h3-6H,1-2H3;3-4H2,1-2H3.